The van der Waals surface area contributed by atoms with Gasteiger partial charge in [-0.25, -0.2) is 4.79 Å². The van der Waals surface area contributed by atoms with Crippen molar-refractivity contribution < 1.29 is 19.1 Å². The fourth-order valence-electron chi connectivity index (χ4n) is 3.13. The van der Waals surface area contributed by atoms with Crippen molar-refractivity contribution in [2.45, 2.75) is 26.2 Å². The van der Waals surface area contributed by atoms with Gasteiger partial charge >= 0.3 is 11.6 Å². The van der Waals surface area contributed by atoms with Gasteiger partial charge in [0.2, 0.25) is 0 Å². The summed E-state index contributed by atoms with van der Waals surface area (Å²) in [6.07, 6.45) is -0.293. The lowest BCUT2D eigenvalue weighted by atomic mass is 9.89. The standard InChI is InChI=1S/C20H19NO6/c1-10-4-5-12-8-14(19(24)21-15(12)6-10)13(9-17(23)26-3)18-16(22)7-11(2)27-20(18)25/h4-8,13,22H,9H2,1-3H3,(H,21,24)/t13-/m0/s1. The number of nitrogens with one attached hydrogen (secondary N) is 1. The lowest BCUT2D eigenvalue weighted by Crippen LogP contribution is -2.24. The molecule has 0 saturated carbocycles. The predicted molar refractivity (Wildman–Crippen MR) is 99.2 cm³/mol. The molecule has 2 aromatic heterocycles. The third kappa shape index (κ3) is 3.62. The van der Waals surface area contributed by atoms with E-state index in [1.54, 1.807) is 6.07 Å². The second-order valence-corrected chi connectivity index (χ2v) is 6.42. The van der Waals surface area contributed by atoms with Crippen molar-refractivity contribution in [3.05, 3.63) is 73.6 Å². The molecule has 0 bridgehead atoms. The molecule has 0 fully saturated rings. The molecule has 1 aromatic carbocycles. The molecule has 2 N–H and O–H groups in total. The number of aromatic amines is 1. The number of pyridine rings is 1. The average Bonchev–Trinajstić information content (AvgIpc) is 2.59. The van der Waals surface area contributed by atoms with Gasteiger partial charge in [0.1, 0.15) is 11.5 Å². The van der Waals surface area contributed by atoms with Crippen LogP contribution < -0.4 is 11.2 Å². The fraction of sp³-hybridized carbons (Fsp3) is 0.250. The van der Waals surface area contributed by atoms with Gasteiger partial charge in [-0.2, -0.15) is 0 Å². The number of esters is 1. The molecule has 3 aromatic rings. The van der Waals surface area contributed by atoms with Crippen LogP contribution in [0.3, 0.4) is 0 Å². The molecule has 0 amide bonds. The van der Waals surface area contributed by atoms with Gasteiger partial charge in [0.25, 0.3) is 5.56 Å². The summed E-state index contributed by atoms with van der Waals surface area (Å²) in [6, 6.07) is 8.43. The zero-order valence-electron chi connectivity index (χ0n) is 15.2. The molecule has 7 heteroatoms. The van der Waals surface area contributed by atoms with Gasteiger partial charge in [0, 0.05) is 23.1 Å². The van der Waals surface area contributed by atoms with Crippen LogP contribution in [-0.4, -0.2) is 23.2 Å². The van der Waals surface area contributed by atoms with Crippen molar-refractivity contribution in [1.82, 2.24) is 4.98 Å². The molecule has 0 radical (unpaired) electrons. The Morgan fingerprint density at radius 1 is 1.22 bits per heavy atom. The predicted octanol–water partition coefficient (Wildman–Crippen LogP) is 2.50. The maximum atomic E-state index is 12.7. The second kappa shape index (κ2) is 7.11. The summed E-state index contributed by atoms with van der Waals surface area (Å²) < 4.78 is 9.77. The minimum absolute atomic E-state index is 0.150. The summed E-state index contributed by atoms with van der Waals surface area (Å²) in [4.78, 5) is 39.8. The monoisotopic (exact) mass is 369 g/mol. The molecule has 7 nitrogen and oxygen atoms in total. The lowest BCUT2D eigenvalue weighted by molar-refractivity contribution is -0.140. The number of carbonyl (C=O) groups is 1. The van der Waals surface area contributed by atoms with Crippen LogP contribution in [0.5, 0.6) is 5.75 Å². The highest BCUT2D eigenvalue weighted by Crippen LogP contribution is 2.31. The molecule has 1 atom stereocenters. The third-order valence-electron chi connectivity index (χ3n) is 4.44. The molecule has 2 heterocycles. The van der Waals surface area contributed by atoms with Crippen LogP contribution in [0.25, 0.3) is 10.9 Å². The molecular weight excluding hydrogens is 350 g/mol. The number of hydrogen-bond donors (Lipinski definition) is 2. The summed E-state index contributed by atoms with van der Waals surface area (Å²) >= 11 is 0. The van der Waals surface area contributed by atoms with E-state index in [0.29, 0.717) is 5.52 Å². The molecule has 27 heavy (non-hydrogen) atoms. The van der Waals surface area contributed by atoms with Gasteiger partial charge in [-0.15, -0.1) is 0 Å². The lowest BCUT2D eigenvalue weighted by Gasteiger charge is -2.17. The van der Waals surface area contributed by atoms with E-state index in [-0.39, 0.29) is 29.1 Å². The molecule has 0 aliphatic carbocycles. The first-order chi connectivity index (χ1) is 12.8. The first kappa shape index (κ1) is 18.4. The van der Waals surface area contributed by atoms with E-state index in [1.165, 1.54) is 20.1 Å². The van der Waals surface area contributed by atoms with Crippen molar-refractivity contribution in [2.24, 2.45) is 0 Å². The minimum atomic E-state index is -1.01. The summed E-state index contributed by atoms with van der Waals surface area (Å²) in [6.45, 7) is 3.42. The molecule has 0 spiro atoms. The fourth-order valence-corrected chi connectivity index (χ4v) is 3.13. The molecule has 0 aliphatic rings. The normalized spacial score (nSPS) is 12.1. The molecule has 0 aliphatic heterocycles. The Balaban J connectivity index is 2.26. The van der Waals surface area contributed by atoms with Crippen molar-refractivity contribution in [1.29, 1.82) is 0 Å². The first-order valence-corrected chi connectivity index (χ1v) is 8.34. The molecule has 140 valence electrons. The van der Waals surface area contributed by atoms with Crippen molar-refractivity contribution in [3.63, 3.8) is 0 Å². The van der Waals surface area contributed by atoms with Crippen LogP contribution in [0.4, 0.5) is 0 Å². The van der Waals surface area contributed by atoms with E-state index < -0.39 is 23.1 Å². The topological polar surface area (TPSA) is 110 Å². The van der Waals surface area contributed by atoms with Crippen molar-refractivity contribution in [3.8, 4) is 5.75 Å². The third-order valence-corrected chi connectivity index (χ3v) is 4.44. The maximum Gasteiger partial charge on any atom is 0.343 e. The number of aromatic hydroxyl groups is 1. The Labute approximate surface area is 154 Å². The van der Waals surface area contributed by atoms with E-state index in [4.69, 9.17) is 9.15 Å². The number of ether oxygens (including phenoxy) is 1. The highest BCUT2D eigenvalue weighted by atomic mass is 16.5. The van der Waals surface area contributed by atoms with Crippen molar-refractivity contribution in [2.75, 3.05) is 7.11 Å². The van der Waals surface area contributed by atoms with E-state index in [0.717, 1.165) is 10.9 Å². The van der Waals surface area contributed by atoms with Crippen LogP contribution in [0.1, 0.15) is 34.8 Å². The number of aryl methyl sites for hydroxylation is 2. The van der Waals surface area contributed by atoms with Gasteiger partial charge < -0.3 is 19.2 Å². The number of carbonyl (C=O) groups excluding carboxylic acids is 1. The van der Waals surface area contributed by atoms with Gasteiger partial charge in [0.15, 0.2) is 0 Å². The highest BCUT2D eigenvalue weighted by Gasteiger charge is 2.28. The van der Waals surface area contributed by atoms with Crippen LogP contribution in [0.2, 0.25) is 0 Å². The van der Waals surface area contributed by atoms with Crippen LogP contribution in [0.15, 0.2) is 44.3 Å². The van der Waals surface area contributed by atoms with Gasteiger partial charge in [-0.05, 0) is 36.9 Å². The maximum absolute atomic E-state index is 12.7. The van der Waals surface area contributed by atoms with Gasteiger partial charge in [0.05, 0.1) is 19.1 Å². The Morgan fingerprint density at radius 2 is 1.96 bits per heavy atom. The quantitative estimate of drug-likeness (QED) is 0.684. The Bertz CT molecular complexity index is 1140. The number of benzene rings is 1. The van der Waals surface area contributed by atoms with Crippen LogP contribution in [0, 0.1) is 13.8 Å². The number of hydrogen-bond acceptors (Lipinski definition) is 6. The van der Waals surface area contributed by atoms with E-state index in [9.17, 15) is 19.5 Å². The number of aromatic nitrogens is 1. The zero-order chi connectivity index (χ0) is 19.7. The first-order valence-electron chi connectivity index (χ1n) is 8.34. The number of rotatable bonds is 4. The minimum Gasteiger partial charge on any atom is -0.507 e. The summed E-state index contributed by atoms with van der Waals surface area (Å²) in [7, 11) is 1.21. The Kier molecular flexibility index (Phi) is 4.85. The number of methoxy groups -OCH3 is 1. The van der Waals surface area contributed by atoms with E-state index >= 15 is 0 Å². The van der Waals surface area contributed by atoms with Crippen LogP contribution >= 0.6 is 0 Å². The average molecular weight is 369 g/mol. The Hall–Kier alpha value is -3.35. The molecule has 0 saturated heterocycles. The SMILES string of the molecule is COC(=O)C[C@@H](c1cc2ccc(C)cc2[nH]c1=O)c1c(O)cc(C)oc1=O. The van der Waals surface area contributed by atoms with E-state index in [2.05, 4.69) is 4.98 Å². The second-order valence-electron chi connectivity index (χ2n) is 6.42. The number of fused-ring (bicyclic) bond motifs is 1. The van der Waals surface area contributed by atoms with Gasteiger partial charge in [-0.3, -0.25) is 9.59 Å². The smallest absolute Gasteiger partial charge is 0.343 e. The summed E-state index contributed by atoms with van der Waals surface area (Å²) in [5.41, 5.74) is 0.381. The highest BCUT2D eigenvalue weighted by molar-refractivity contribution is 5.80. The number of H-pyrrole nitrogens is 1. The largest absolute Gasteiger partial charge is 0.507 e. The molecular formula is C20H19NO6. The van der Waals surface area contributed by atoms with Crippen molar-refractivity contribution >= 4 is 16.9 Å². The van der Waals surface area contributed by atoms with Gasteiger partial charge in [-0.1, -0.05) is 12.1 Å². The molecule has 3 rings (SSSR count). The Morgan fingerprint density at radius 3 is 2.63 bits per heavy atom. The van der Waals surface area contributed by atoms with E-state index in [1.807, 2.05) is 25.1 Å². The van der Waals surface area contributed by atoms with Crippen LogP contribution in [-0.2, 0) is 9.53 Å². The molecule has 0 unspecified atom stereocenters. The summed E-state index contributed by atoms with van der Waals surface area (Å²) in [5, 5.41) is 11.0. The summed E-state index contributed by atoms with van der Waals surface area (Å²) in [5.74, 6) is -1.74. The zero-order valence-corrected chi connectivity index (χ0v) is 15.2.